The lowest BCUT2D eigenvalue weighted by molar-refractivity contribution is 0.866. The topological polar surface area (TPSA) is 42.2 Å². The molecule has 0 amide bonds. The first-order valence-corrected chi connectivity index (χ1v) is 7.25. The van der Waals surface area contributed by atoms with Crippen LogP contribution in [0.1, 0.15) is 24.1 Å². The second kappa shape index (κ2) is 5.25. The minimum atomic E-state index is 0.177. The van der Waals surface area contributed by atoms with Crippen molar-refractivity contribution in [1.29, 1.82) is 0 Å². The Morgan fingerprint density at radius 2 is 2.00 bits per heavy atom. The van der Waals surface area contributed by atoms with Gasteiger partial charge in [-0.3, -0.25) is 0 Å². The fraction of sp³-hybridized carbons (Fsp3) is 0.200. The first kappa shape index (κ1) is 13.1. The number of anilines is 1. The highest BCUT2D eigenvalue weighted by molar-refractivity contribution is 9.10. The van der Waals surface area contributed by atoms with Crippen LogP contribution in [0.2, 0.25) is 0 Å². The van der Waals surface area contributed by atoms with Crippen molar-refractivity contribution in [3.63, 3.8) is 0 Å². The molecule has 102 valence electrons. The Hall–Kier alpha value is -1.88. The number of nitrogens with one attached hydrogen (secondary N) is 1. The van der Waals surface area contributed by atoms with Crippen LogP contribution in [0.15, 0.2) is 47.3 Å². The average molecular weight is 331 g/mol. The van der Waals surface area contributed by atoms with Crippen LogP contribution < -0.4 is 5.32 Å². The molecule has 2 aromatic heterocycles. The lowest BCUT2D eigenvalue weighted by Gasteiger charge is -2.16. The molecule has 0 aliphatic rings. The van der Waals surface area contributed by atoms with E-state index in [-0.39, 0.29) is 6.04 Å². The number of aryl methyl sites for hydroxylation is 1. The summed E-state index contributed by atoms with van der Waals surface area (Å²) >= 11 is 3.51. The van der Waals surface area contributed by atoms with Crippen molar-refractivity contribution in [3.05, 3.63) is 58.5 Å². The highest BCUT2D eigenvalue weighted by atomic mass is 79.9. The summed E-state index contributed by atoms with van der Waals surface area (Å²) in [5.41, 5.74) is 3.45. The zero-order valence-electron chi connectivity index (χ0n) is 11.3. The van der Waals surface area contributed by atoms with E-state index in [0.717, 1.165) is 15.8 Å². The molecule has 0 aliphatic carbocycles. The number of aromatic nitrogens is 3. The molecule has 0 aliphatic heterocycles. The SMILES string of the molecule is Cc1ccc(C(C)Nc2nccn3ncc(Br)c23)cc1. The van der Waals surface area contributed by atoms with Gasteiger partial charge in [0.05, 0.1) is 16.7 Å². The maximum atomic E-state index is 4.42. The fourth-order valence-electron chi connectivity index (χ4n) is 2.16. The van der Waals surface area contributed by atoms with Gasteiger partial charge in [0.15, 0.2) is 5.82 Å². The van der Waals surface area contributed by atoms with E-state index >= 15 is 0 Å². The van der Waals surface area contributed by atoms with Crippen LogP contribution in [0.3, 0.4) is 0 Å². The van der Waals surface area contributed by atoms with Gasteiger partial charge in [-0.1, -0.05) is 29.8 Å². The maximum Gasteiger partial charge on any atom is 0.153 e. The lowest BCUT2D eigenvalue weighted by Crippen LogP contribution is -2.09. The molecule has 0 radical (unpaired) electrons. The maximum absolute atomic E-state index is 4.42. The summed E-state index contributed by atoms with van der Waals surface area (Å²) in [4.78, 5) is 4.42. The predicted molar refractivity (Wildman–Crippen MR) is 83.9 cm³/mol. The van der Waals surface area contributed by atoms with E-state index in [1.165, 1.54) is 11.1 Å². The third-order valence-corrected chi connectivity index (χ3v) is 3.90. The molecule has 2 heterocycles. The van der Waals surface area contributed by atoms with E-state index in [1.54, 1.807) is 16.9 Å². The van der Waals surface area contributed by atoms with Crippen molar-refractivity contribution in [1.82, 2.24) is 14.6 Å². The van der Waals surface area contributed by atoms with Crippen molar-refractivity contribution in [2.45, 2.75) is 19.9 Å². The number of halogens is 1. The first-order valence-electron chi connectivity index (χ1n) is 6.46. The Morgan fingerprint density at radius 3 is 2.75 bits per heavy atom. The smallest absolute Gasteiger partial charge is 0.153 e. The van der Waals surface area contributed by atoms with Gasteiger partial charge in [0.25, 0.3) is 0 Å². The van der Waals surface area contributed by atoms with Crippen LogP contribution in [0, 0.1) is 6.92 Å². The molecule has 3 aromatic rings. The Kier molecular flexibility index (Phi) is 3.44. The van der Waals surface area contributed by atoms with E-state index < -0.39 is 0 Å². The van der Waals surface area contributed by atoms with Gasteiger partial charge < -0.3 is 5.32 Å². The highest BCUT2D eigenvalue weighted by Crippen LogP contribution is 2.26. The quantitative estimate of drug-likeness (QED) is 0.789. The van der Waals surface area contributed by atoms with Crippen molar-refractivity contribution < 1.29 is 0 Å². The van der Waals surface area contributed by atoms with Gasteiger partial charge in [-0.25, -0.2) is 9.50 Å². The predicted octanol–water partition coefficient (Wildman–Crippen LogP) is 3.97. The van der Waals surface area contributed by atoms with E-state index in [0.29, 0.717) is 0 Å². The van der Waals surface area contributed by atoms with Gasteiger partial charge >= 0.3 is 0 Å². The van der Waals surface area contributed by atoms with Gasteiger partial charge in [0, 0.05) is 12.4 Å². The van der Waals surface area contributed by atoms with Gasteiger partial charge in [-0.05, 0) is 35.3 Å². The molecular formula is C15H15BrN4. The molecular weight excluding hydrogens is 316 g/mol. The number of hydrogen-bond donors (Lipinski definition) is 1. The third-order valence-electron chi connectivity index (χ3n) is 3.32. The Morgan fingerprint density at radius 1 is 1.25 bits per heavy atom. The van der Waals surface area contributed by atoms with Crippen LogP contribution in [0.25, 0.3) is 5.52 Å². The van der Waals surface area contributed by atoms with Crippen LogP contribution in [-0.2, 0) is 0 Å². The zero-order valence-corrected chi connectivity index (χ0v) is 12.9. The van der Waals surface area contributed by atoms with Crippen molar-refractivity contribution in [3.8, 4) is 0 Å². The standard InChI is InChI=1S/C15H15BrN4/c1-10-3-5-12(6-4-10)11(2)19-15-14-13(16)9-18-20(14)8-7-17-15/h3-9,11H,1-2H3,(H,17,19). The molecule has 20 heavy (non-hydrogen) atoms. The number of hydrogen-bond acceptors (Lipinski definition) is 3. The molecule has 0 fully saturated rings. The number of rotatable bonds is 3. The van der Waals surface area contributed by atoms with Crippen LogP contribution >= 0.6 is 15.9 Å². The van der Waals surface area contributed by atoms with Gasteiger partial charge in [0.1, 0.15) is 5.52 Å². The van der Waals surface area contributed by atoms with Crippen molar-refractivity contribution in [2.75, 3.05) is 5.32 Å². The Bertz CT molecular complexity index is 733. The second-order valence-corrected chi connectivity index (χ2v) is 5.69. The zero-order chi connectivity index (χ0) is 14.1. The van der Waals surface area contributed by atoms with E-state index in [9.17, 15) is 0 Å². The molecule has 0 saturated carbocycles. The summed E-state index contributed by atoms with van der Waals surface area (Å²) < 4.78 is 2.74. The molecule has 1 aromatic carbocycles. The molecule has 5 heteroatoms. The Balaban J connectivity index is 1.93. The molecule has 0 saturated heterocycles. The summed E-state index contributed by atoms with van der Waals surface area (Å²) in [5, 5.41) is 7.71. The summed E-state index contributed by atoms with van der Waals surface area (Å²) in [6, 6.07) is 8.69. The summed E-state index contributed by atoms with van der Waals surface area (Å²) in [5.74, 6) is 0.824. The van der Waals surface area contributed by atoms with Gasteiger partial charge in [0.2, 0.25) is 0 Å². The minimum absolute atomic E-state index is 0.177. The molecule has 3 rings (SSSR count). The monoisotopic (exact) mass is 330 g/mol. The Labute approximate surface area is 126 Å². The number of nitrogens with zero attached hydrogens (tertiary/aromatic N) is 3. The molecule has 1 unspecified atom stereocenters. The van der Waals surface area contributed by atoms with Gasteiger partial charge in [-0.2, -0.15) is 5.10 Å². The van der Waals surface area contributed by atoms with Crippen LogP contribution in [0.5, 0.6) is 0 Å². The second-order valence-electron chi connectivity index (χ2n) is 4.84. The van der Waals surface area contributed by atoms with E-state index in [1.807, 2.05) is 6.20 Å². The van der Waals surface area contributed by atoms with E-state index in [2.05, 4.69) is 69.4 Å². The van der Waals surface area contributed by atoms with Crippen molar-refractivity contribution >= 4 is 27.3 Å². The van der Waals surface area contributed by atoms with Gasteiger partial charge in [-0.15, -0.1) is 0 Å². The third kappa shape index (κ3) is 2.41. The highest BCUT2D eigenvalue weighted by Gasteiger charge is 2.11. The van der Waals surface area contributed by atoms with Crippen LogP contribution in [-0.4, -0.2) is 14.6 Å². The molecule has 1 N–H and O–H groups in total. The minimum Gasteiger partial charge on any atom is -0.362 e. The fourth-order valence-corrected chi connectivity index (χ4v) is 2.62. The molecule has 0 spiro atoms. The molecule has 1 atom stereocenters. The largest absolute Gasteiger partial charge is 0.362 e. The van der Waals surface area contributed by atoms with E-state index in [4.69, 9.17) is 0 Å². The summed E-state index contributed by atoms with van der Waals surface area (Å²) in [6.07, 6.45) is 5.36. The first-order chi connectivity index (χ1) is 9.65. The average Bonchev–Trinajstić information content (AvgIpc) is 2.82. The number of benzene rings is 1. The summed E-state index contributed by atoms with van der Waals surface area (Å²) in [7, 11) is 0. The number of fused-ring (bicyclic) bond motifs is 1. The molecule has 0 bridgehead atoms. The molecule has 4 nitrogen and oxygen atoms in total. The van der Waals surface area contributed by atoms with Crippen LogP contribution in [0.4, 0.5) is 5.82 Å². The lowest BCUT2D eigenvalue weighted by atomic mass is 10.1. The normalized spacial score (nSPS) is 12.6. The summed E-state index contributed by atoms with van der Waals surface area (Å²) in [6.45, 7) is 4.22. The van der Waals surface area contributed by atoms with Crippen molar-refractivity contribution in [2.24, 2.45) is 0 Å².